The zero-order valence-electron chi connectivity index (χ0n) is 15.9. The van der Waals surface area contributed by atoms with Crippen LogP contribution in [-0.2, 0) is 14.2 Å². The molecule has 1 aliphatic heterocycles. The number of aliphatic hydroxyl groups is 1. The maximum absolute atomic E-state index is 9.13. The number of rotatable bonds is 7. The van der Waals surface area contributed by atoms with Gasteiger partial charge in [0.1, 0.15) is 17.7 Å². The Kier molecular flexibility index (Phi) is 4.88. The highest BCUT2D eigenvalue weighted by atomic mass is 35.5. The molecule has 2 N–H and O–H groups in total. The van der Waals surface area contributed by atoms with Crippen LogP contribution in [0.3, 0.4) is 0 Å². The first-order valence-electron chi connectivity index (χ1n) is 9.79. The number of aromatic nitrogens is 4. The van der Waals surface area contributed by atoms with Gasteiger partial charge in [-0.15, -0.1) is 0 Å². The average Bonchev–Trinajstić information content (AvgIpc) is 3.33. The monoisotopic (exact) mass is 428 g/mol. The quantitative estimate of drug-likeness (QED) is 0.397. The normalized spacial score (nSPS) is 31.7. The highest BCUT2D eigenvalue weighted by Gasteiger charge is 2.56. The van der Waals surface area contributed by atoms with E-state index in [1.807, 2.05) is 18.5 Å². The molecule has 28 heavy (non-hydrogen) atoms. The first kappa shape index (κ1) is 19.1. The average molecular weight is 429 g/mol. The molecule has 3 heterocycles. The number of aromatic amines is 1. The first-order chi connectivity index (χ1) is 13.4. The lowest BCUT2D eigenvalue weighted by Gasteiger charge is -2.27. The molecule has 5 rings (SSSR count). The molecular formula is C18H25ClN4O4S. The van der Waals surface area contributed by atoms with Crippen molar-refractivity contribution >= 4 is 34.5 Å². The lowest BCUT2D eigenvalue weighted by atomic mass is 10.2. The van der Waals surface area contributed by atoms with Crippen LogP contribution in [0, 0.1) is 5.92 Å². The van der Waals surface area contributed by atoms with Crippen molar-refractivity contribution in [2.24, 2.45) is 5.92 Å². The largest absolute Gasteiger partial charge is 0.394 e. The third-order valence-electron chi connectivity index (χ3n) is 5.57. The topological polar surface area (TPSA) is 94.4 Å². The highest BCUT2D eigenvalue weighted by molar-refractivity contribution is 7.99. The number of thioether (sulfide) groups is 1. The fraction of sp³-hybridized carbons (Fsp3) is 0.778. The summed E-state index contributed by atoms with van der Waals surface area (Å²) in [6.45, 7) is 4.09. The molecule has 2 aliphatic carbocycles. The summed E-state index contributed by atoms with van der Waals surface area (Å²) < 4.78 is 20.1. The van der Waals surface area contributed by atoms with E-state index in [0.717, 1.165) is 22.8 Å². The molecule has 4 atom stereocenters. The third kappa shape index (κ3) is 3.46. The molecule has 0 aromatic carbocycles. The molecule has 4 unspecified atom stereocenters. The Morgan fingerprint density at radius 2 is 2.11 bits per heavy atom. The summed E-state index contributed by atoms with van der Waals surface area (Å²) in [6.07, 6.45) is 2.83. The van der Waals surface area contributed by atoms with Crippen molar-refractivity contribution in [1.82, 2.24) is 19.7 Å². The molecule has 10 heteroatoms. The van der Waals surface area contributed by atoms with Crippen LogP contribution in [0.4, 0.5) is 0 Å². The Hall–Kier alpha value is -0.840. The Bertz CT molecular complexity index is 867. The van der Waals surface area contributed by atoms with Gasteiger partial charge in [0.2, 0.25) is 0 Å². The second kappa shape index (κ2) is 7.14. The van der Waals surface area contributed by atoms with Crippen molar-refractivity contribution in [3.63, 3.8) is 0 Å². The van der Waals surface area contributed by atoms with Gasteiger partial charge in [0.05, 0.1) is 25.4 Å². The van der Waals surface area contributed by atoms with E-state index in [1.165, 1.54) is 12.8 Å². The minimum absolute atomic E-state index is 0.00443. The number of aliphatic hydroxyl groups excluding tert-OH is 1. The van der Waals surface area contributed by atoms with Gasteiger partial charge in [-0.1, -0.05) is 23.4 Å². The maximum atomic E-state index is 9.13. The van der Waals surface area contributed by atoms with Crippen molar-refractivity contribution in [1.29, 1.82) is 0 Å². The summed E-state index contributed by atoms with van der Waals surface area (Å²) in [4.78, 5) is 9.15. The van der Waals surface area contributed by atoms with Gasteiger partial charge < -0.3 is 19.3 Å². The minimum Gasteiger partial charge on any atom is -0.394 e. The molecule has 0 amide bonds. The van der Waals surface area contributed by atoms with Gasteiger partial charge in [0.25, 0.3) is 0 Å². The van der Waals surface area contributed by atoms with Crippen molar-refractivity contribution in [3.05, 3.63) is 5.15 Å². The second-order valence-corrected chi connectivity index (χ2v) is 9.58. The lowest BCUT2D eigenvalue weighted by molar-refractivity contribution is -0.171. The van der Waals surface area contributed by atoms with Crippen LogP contribution in [0.15, 0.2) is 5.16 Å². The number of hydrogen-bond donors (Lipinski definition) is 2. The molecule has 2 aromatic rings. The molecule has 3 fully saturated rings. The second-order valence-electron chi connectivity index (χ2n) is 8.23. The van der Waals surface area contributed by atoms with Gasteiger partial charge in [-0.05, 0) is 32.6 Å². The van der Waals surface area contributed by atoms with Gasteiger partial charge >= 0.3 is 0 Å². The number of halogens is 1. The van der Waals surface area contributed by atoms with Crippen molar-refractivity contribution in [2.75, 3.05) is 19.0 Å². The number of ether oxygens (including phenoxy) is 3. The van der Waals surface area contributed by atoms with Crippen LogP contribution < -0.4 is 0 Å². The van der Waals surface area contributed by atoms with E-state index >= 15 is 0 Å². The molecule has 3 aliphatic rings. The molecule has 0 bridgehead atoms. The van der Waals surface area contributed by atoms with E-state index < -0.39 is 5.79 Å². The predicted octanol–water partition coefficient (Wildman–Crippen LogP) is 2.76. The Morgan fingerprint density at radius 1 is 1.32 bits per heavy atom. The SMILES string of the molecule is CC1(C)OC2C(OCCO)CC(n3[nH]c4c(Cl)nc(SCC5CC5)nc43)C2O1. The van der Waals surface area contributed by atoms with E-state index in [4.69, 9.17) is 35.9 Å². The summed E-state index contributed by atoms with van der Waals surface area (Å²) in [5.74, 6) is 1.16. The fourth-order valence-corrected chi connectivity index (χ4v) is 5.39. The number of fused-ring (bicyclic) bond motifs is 2. The van der Waals surface area contributed by atoms with Gasteiger partial charge in [-0.2, -0.15) is 0 Å². The predicted molar refractivity (Wildman–Crippen MR) is 105 cm³/mol. The van der Waals surface area contributed by atoms with Crippen LogP contribution in [0.25, 0.3) is 11.2 Å². The summed E-state index contributed by atoms with van der Waals surface area (Å²) in [5, 5.41) is 13.6. The van der Waals surface area contributed by atoms with Crippen molar-refractivity contribution < 1.29 is 19.3 Å². The van der Waals surface area contributed by atoms with Crippen LogP contribution >= 0.6 is 23.4 Å². The van der Waals surface area contributed by atoms with E-state index in [-0.39, 0.29) is 37.6 Å². The lowest BCUT2D eigenvalue weighted by Crippen LogP contribution is -2.32. The number of H-pyrrole nitrogens is 1. The van der Waals surface area contributed by atoms with Crippen LogP contribution in [0.5, 0.6) is 0 Å². The Morgan fingerprint density at radius 3 is 2.86 bits per heavy atom. The summed E-state index contributed by atoms with van der Waals surface area (Å²) in [7, 11) is 0. The number of nitrogens with zero attached hydrogens (tertiary/aromatic N) is 3. The molecule has 1 saturated heterocycles. The molecule has 0 spiro atoms. The smallest absolute Gasteiger partial charge is 0.191 e. The van der Waals surface area contributed by atoms with E-state index in [2.05, 4.69) is 10.1 Å². The molecule has 8 nitrogen and oxygen atoms in total. The zero-order valence-corrected chi connectivity index (χ0v) is 17.5. The highest BCUT2D eigenvalue weighted by Crippen LogP contribution is 2.46. The summed E-state index contributed by atoms with van der Waals surface area (Å²) >= 11 is 8.03. The van der Waals surface area contributed by atoms with E-state index in [9.17, 15) is 0 Å². The molecule has 0 radical (unpaired) electrons. The summed E-state index contributed by atoms with van der Waals surface area (Å²) in [6, 6.07) is -0.00443. The summed E-state index contributed by atoms with van der Waals surface area (Å²) in [5.41, 5.74) is 1.56. The van der Waals surface area contributed by atoms with Crippen LogP contribution in [0.2, 0.25) is 5.15 Å². The molecule has 2 aromatic heterocycles. The standard InChI is InChI=1S/C18H25ClN4O4S/c1-18(2)26-13-10(7-11(14(13)27-18)25-6-5-24)23-16-12(22-23)15(19)20-17(21-16)28-8-9-3-4-9/h9-11,13-14,22,24H,3-8H2,1-2H3. The van der Waals surface area contributed by atoms with E-state index in [0.29, 0.717) is 16.7 Å². The zero-order chi connectivity index (χ0) is 19.5. The van der Waals surface area contributed by atoms with Crippen LogP contribution in [-0.4, -0.2) is 67.9 Å². The molecule has 154 valence electrons. The van der Waals surface area contributed by atoms with Crippen molar-refractivity contribution in [3.8, 4) is 0 Å². The van der Waals surface area contributed by atoms with E-state index in [1.54, 1.807) is 11.8 Å². The van der Waals surface area contributed by atoms with Crippen molar-refractivity contribution in [2.45, 2.75) is 68.4 Å². The van der Waals surface area contributed by atoms with Gasteiger partial charge in [0, 0.05) is 12.2 Å². The van der Waals surface area contributed by atoms with Gasteiger partial charge in [-0.25, -0.2) is 9.97 Å². The molecule has 2 saturated carbocycles. The minimum atomic E-state index is -0.670. The number of hydrogen-bond acceptors (Lipinski definition) is 7. The van der Waals surface area contributed by atoms with Gasteiger partial charge in [0.15, 0.2) is 21.7 Å². The van der Waals surface area contributed by atoms with Crippen LogP contribution in [0.1, 0.15) is 39.2 Å². The first-order valence-corrected chi connectivity index (χ1v) is 11.2. The Labute approximate surface area is 172 Å². The third-order valence-corrected chi connectivity index (χ3v) is 6.92. The fourth-order valence-electron chi connectivity index (χ4n) is 4.10. The number of nitrogens with one attached hydrogen (secondary N) is 1. The molecular weight excluding hydrogens is 404 g/mol. The van der Waals surface area contributed by atoms with Gasteiger partial charge in [-0.3, -0.25) is 9.78 Å². The Balaban J connectivity index is 1.41. The maximum Gasteiger partial charge on any atom is 0.191 e.